The van der Waals surface area contributed by atoms with Gasteiger partial charge in [0.05, 0.1) is 5.75 Å². The molecule has 20 heavy (non-hydrogen) atoms. The second-order valence-corrected chi connectivity index (χ2v) is 6.29. The first kappa shape index (κ1) is 16.5. The maximum Gasteiger partial charge on any atom is 0.372 e. The minimum atomic E-state index is -4.08. The molecular weight excluding hydrogens is 306 g/mol. The third-order valence-electron chi connectivity index (χ3n) is 1.94. The number of anilines is 1. The number of thioether (sulfide) groups is 1. The lowest BCUT2D eigenvalue weighted by molar-refractivity contribution is -0.114. The molecule has 2 N–H and O–H groups in total. The third kappa shape index (κ3) is 7.12. The molecule has 0 fully saturated rings. The van der Waals surface area contributed by atoms with Gasteiger partial charge in [-0.05, 0) is 36.0 Å². The number of hydrogen-bond donors (Lipinski definition) is 2. The molecule has 110 valence electrons. The van der Waals surface area contributed by atoms with Crippen LogP contribution < -0.4 is 10.1 Å². The standard InChI is InChI=1S/C11H13NO6S2/c1-8(13)12-9-2-4-10(5-3-9)18-11(14)19-6-7-20(15,16)17/h2-5H,6-7H2,1H3,(H,12,13)(H,15,16,17). The van der Waals surface area contributed by atoms with Gasteiger partial charge < -0.3 is 10.1 Å². The Hall–Kier alpha value is -1.58. The Kier molecular flexibility index (Phi) is 5.99. The van der Waals surface area contributed by atoms with Crippen LogP contribution in [0, 0.1) is 0 Å². The van der Waals surface area contributed by atoms with Crippen molar-refractivity contribution in [3.8, 4) is 5.75 Å². The molecule has 0 unspecified atom stereocenters. The number of rotatable bonds is 5. The second-order valence-electron chi connectivity index (χ2n) is 3.69. The largest absolute Gasteiger partial charge is 0.418 e. The Morgan fingerprint density at radius 1 is 1.30 bits per heavy atom. The molecule has 0 aliphatic carbocycles. The summed E-state index contributed by atoms with van der Waals surface area (Å²) in [7, 11) is -4.08. The van der Waals surface area contributed by atoms with E-state index in [0.717, 1.165) is 0 Å². The number of amides is 1. The topological polar surface area (TPSA) is 110 Å². The Labute approximate surface area is 120 Å². The molecule has 0 aromatic heterocycles. The van der Waals surface area contributed by atoms with Gasteiger partial charge in [-0.25, -0.2) is 4.79 Å². The minimum Gasteiger partial charge on any atom is -0.418 e. The molecule has 0 bridgehead atoms. The van der Waals surface area contributed by atoms with Crippen molar-refractivity contribution < 1.29 is 27.3 Å². The van der Waals surface area contributed by atoms with E-state index in [-0.39, 0.29) is 17.4 Å². The van der Waals surface area contributed by atoms with Crippen molar-refractivity contribution in [1.82, 2.24) is 0 Å². The van der Waals surface area contributed by atoms with Crippen LogP contribution in [0.4, 0.5) is 10.5 Å². The molecule has 0 radical (unpaired) electrons. The molecule has 9 heteroatoms. The molecule has 0 heterocycles. The van der Waals surface area contributed by atoms with E-state index in [1.54, 1.807) is 12.1 Å². The molecule has 0 saturated heterocycles. The van der Waals surface area contributed by atoms with Crippen molar-refractivity contribution in [2.45, 2.75) is 6.92 Å². The molecular formula is C11H13NO6S2. The summed E-state index contributed by atoms with van der Waals surface area (Å²) < 4.78 is 34.3. The van der Waals surface area contributed by atoms with Crippen molar-refractivity contribution in [3.05, 3.63) is 24.3 Å². The molecule has 0 aliphatic rings. The first-order valence-corrected chi connectivity index (χ1v) is 8.03. The minimum absolute atomic E-state index is 0.0956. The molecule has 1 aromatic carbocycles. The van der Waals surface area contributed by atoms with Gasteiger partial charge in [-0.15, -0.1) is 0 Å². The fourth-order valence-corrected chi connectivity index (χ4v) is 2.66. The number of hydrogen-bond acceptors (Lipinski definition) is 6. The Morgan fingerprint density at radius 3 is 2.40 bits per heavy atom. The Balaban J connectivity index is 2.44. The summed E-state index contributed by atoms with van der Waals surface area (Å²) in [6.07, 6.45) is 0. The van der Waals surface area contributed by atoms with Gasteiger partial charge >= 0.3 is 5.30 Å². The SMILES string of the molecule is CC(=O)Nc1ccc(OC(=O)SCCS(=O)(=O)O)cc1. The first-order valence-electron chi connectivity index (χ1n) is 5.44. The zero-order valence-electron chi connectivity index (χ0n) is 10.5. The number of nitrogens with one attached hydrogen (secondary N) is 1. The van der Waals surface area contributed by atoms with Crippen LogP contribution in [0.3, 0.4) is 0 Å². The van der Waals surface area contributed by atoms with Crippen LogP contribution in [0.5, 0.6) is 5.75 Å². The van der Waals surface area contributed by atoms with Crippen LogP contribution in [-0.2, 0) is 14.9 Å². The van der Waals surface area contributed by atoms with Gasteiger partial charge in [0.2, 0.25) is 5.91 Å². The highest BCUT2D eigenvalue weighted by Crippen LogP contribution is 2.18. The van der Waals surface area contributed by atoms with Crippen LogP contribution in [0.1, 0.15) is 6.92 Å². The predicted molar refractivity (Wildman–Crippen MR) is 75.6 cm³/mol. The quantitative estimate of drug-likeness (QED) is 0.628. The highest BCUT2D eigenvalue weighted by Gasteiger charge is 2.10. The summed E-state index contributed by atoms with van der Waals surface area (Å²) in [6, 6.07) is 6.11. The van der Waals surface area contributed by atoms with Gasteiger partial charge in [-0.3, -0.25) is 9.35 Å². The Bertz CT molecular complexity index is 581. The first-order chi connectivity index (χ1) is 9.26. The van der Waals surface area contributed by atoms with E-state index in [4.69, 9.17) is 9.29 Å². The predicted octanol–water partition coefficient (Wildman–Crippen LogP) is 1.76. The average Bonchev–Trinajstić information content (AvgIpc) is 2.29. The molecule has 1 rings (SSSR count). The maximum absolute atomic E-state index is 11.4. The van der Waals surface area contributed by atoms with Crippen LogP contribution in [0.25, 0.3) is 0 Å². The molecule has 7 nitrogen and oxygen atoms in total. The van der Waals surface area contributed by atoms with E-state index in [1.165, 1.54) is 19.1 Å². The van der Waals surface area contributed by atoms with E-state index in [2.05, 4.69) is 5.32 Å². The van der Waals surface area contributed by atoms with Gasteiger partial charge in [0.25, 0.3) is 10.1 Å². The lowest BCUT2D eigenvalue weighted by atomic mass is 10.3. The normalized spacial score (nSPS) is 10.9. The molecule has 0 aliphatic heterocycles. The number of benzene rings is 1. The van der Waals surface area contributed by atoms with E-state index < -0.39 is 21.2 Å². The van der Waals surface area contributed by atoms with Gasteiger partial charge in [-0.1, -0.05) is 0 Å². The van der Waals surface area contributed by atoms with Crippen LogP contribution >= 0.6 is 11.8 Å². The molecule has 0 spiro atoms. The molecule has 1 amide bonds. The summed E-state index contributed by atoms with van der Waals surface area (Å²) in [4.78, 5) is 22.2. The van der Waals surface area contributed by atoms with Crippen molar-refractivity contribution >= 4 is 38.8 Å². The smallest absolute Gasteiger partial charge is 0.372 e. The van der Waals surface area contributed by atoms with Crippen molar-refractivity contribution in [2.24, 2.45) is 0 Å². The lowest BCUT2D eigenvalue weighted by Crippen LogP contribution is -2.09. The van der Waals surface area contributed by atoms with Crippen molar-refractivity contribution in [2.75, 3.05) is 16.8 Å². The fourth-order valence-electron chi connectivity index (χ4n) is 1.17. The zero-order chi connectivity index (χ0) is 15.2. The number of carbonyl (C=O) groups excluding carboxylic acids is 2. The van der Waals surface area contributed by atoms with Crippen LogP contribution in [0.2, 0.25) is 0 Å². The van der Waals surface area contributed by atoms with Crippen molar-refractivity contribution in [1.29, 1.82) is 0 Å². The van der Waals surface area contributed by atoms with E-state index in [9.17, 15) is 18.0 Å². The van der Waals surface area contributed by atoms with Crippen LogP contribution in [0.15, 0.2) is 24.3 Å². The van der Waals surface area contributed by atoms with Crippen molar-refractivity contribution in [3.63, 3.8) is 0 Å². The monoisotopic (exact) mass is 319 g/mol. The Morgan fingerprint density at radius 2 is 1.90 bits per heavy atom. The van der Waals surface area contributed by atoms with Crippen LogP contribution in [-0.4, -0.2) is 35.7 Å². The number of carbonyl (C=O) groups is 2. The molecule has 0 saturated carbocycles. The summed E-state index contributed by atoms with van der Waals surface area (Å²) in [6.45, 7) is 1.37. The highest BCUT2D eigenvalue weighted by molar-refractivity contribution is 8.13. The third-order valence-corrected chi connectivity index (χ3v) is 3.64. The highest BCUT2D eigenvalue weighted by atomic mass is 32.2. The molecule has 1 aromatic rings. The fraction of sp³-hybridized carbons (Fsp3) is 0.273. The molecule has 0 atom stereocenters. The van der Waals surface area contributed by atoms with E-state index in [0.29, 0.717) is 17.4 Å². The van der Waals surface area contributed by atoms with Gasteiger partial charge in [-0.2, -0.15) is 8.42 Å². The van der Waals surface area contributed by atoms with Gasteiger partial charge in [0.15, 0.2) is 0 Å². The average molecular weight is 319 g/mol. The van der Waals surface area contributed by atoms with E-state index in [1.807, 2.05) is 0 Å². The van der Waals surface area contributed by atoms with Gasteiger partial charge in [0, 0.05) is 18.4 Å². The summed E-state index contributed by atoms with van der Waals surface area (Å²) >= 11 is 0.643. The summed E-state index contributed by atoms with van der Waals surface area (Å²) in [5.41, 5.74) is 0.566. The second kappa shape index (κ2) is 7.27. The maximum atomic E-state index is 11.4. The zero-order valence-corrected chi connectivity index (χ0v) is 12.2. The van der Waals surface area contributed by atoms with E-state index >= 15 is 0 Å². The number of ether oxygens (including phenoxy) is 1. The van der Waals surface area contributed by atoms with Gasteiger partial charge in [0.1, 0.15) is 5.75 Å². The summed E-state index contributed by atoms with van der Waals surface area (Å²) in [5.74, 6) is -0.561. The summed E-state index contributed by atoms with van der Waals surface area (Å²) in [5, 5.41) is 1.88. The lowest BCUT2D eigenvalue weighted by Gasteiger charge is -2.05.